The lowest BCUT2D eigenvalue weighted by molar-refractivity contribution is -0.0364. The van der Waals surface area contributed by atoms with Crippen molar-refractivity contribution in [3.8, 4) is 0 Å². The van der Waals surface area contributed by atoms with Crippen molar-refractivity contribution >= 4 is 10.0 Å². The van der Waals surface area contributed by atoms with Crippen molar-refractivity contribution in [2.24, 2.45) is 0 Å². The van der Waals surface area contributed by atoms with E-state index in [0.717, 1.165) is 5.56 Å². The molecule has 0 atom stereocenters. The predicted octanol–water partition coefficient (Wildman–Crippen LogP) is 1.55. The van der Waals surface area contributed by atoms with Gasteiger partial charge >= 0.3 is 0 Å². The number of rotatable bonds is 3. The van der Waals surface area contributed by atoms with Crippen molar-refractivity contribution in [1.29, 1.82) is 0 Å². The maximum atomic E-state index is 12.6. The van der Waals surface area contributed by atoms with Gasteiger partial charge in [0.05, 0.1) is 14.6 Å². The number of benzene rings is 1. The molecule has 0 radical (unpaired) electrons. The highest BCUT2D eigenvalue weighted by molar-refractivity contribution is 7.89. The molecule has 2 aliphatic heterocycles. The van der Waals surface area contributed by atoms with Crippen LogP contribution in [0.15, 0.2) is 29.2 Å². The molecule has 1 aromatic rings. The minimum Gasteiger partial charge on any atom is -0.377 e. The lowest BCUT2D eigenvalue weighted by atomic mass is 9.81. The molecular formula is C13H17NO3S. The Bertz CT molecular complexity index is 648. The first-order valence-electron chi connectivity index (χ1n) is 7.40. The Kier molecular flexibility index (Phi) is 1.91. The van der Waals surface area contributed by atoms with Crippen LogP contribution in [0.2, 0.25) is 0 Å². The van der Waals surface area contributed by atoms with Gasteiger partial charge in [-0.1, -0.05) is 17.7 Å². The quantitative estimate of drug-likeness (QED) is 0.837. The standard InChI is InChI=1S/C13H17NO3S/c1-10-3-5-12(6-4-10)18(15,16)14-9-13(17-2)7-11(14)8-13/h3-6,11H,7-9H2,1-2H3/i2D3. The van der Waals surface area contributed by atoms with Crippen LogP contribution in [0.25, 0.3) is 0 Å². The third kappa shape index (κ3) is 1.61. The van der Waals surface area contributed by atoms with Crippen LogP contribution < -0.4 is 0 Å². The molecule has 2 saturated heterocycles. The van der Waals surface area contributed by atoms with Gasteiger partial charge in [-0.3, -0.25) is 0 Å². The fourth-order valence-corrected chi connectivity index (χ4v) is 4.48. The molecule has 2 heterocycles. The van der Waals surface area contributed by atoms with Gasteiger partial charge in [0.25, 0.3) is 0 Å². The van der Waals surface area contributed by atoms with Crippen molar-refractivity contribution in [2.75, 3.05) is 13.6 Å². The Labute approximate surface area is 112 Å². The summed E-state index contributed by atoms with van der Waals surface area (Å²) in [5, 5.41) is 0. The van der Waals surface area contributed by atoms with Crippen LogP contribution in [-0.4, -0.2) is 37.9 Å². The summed E-state index contributed by atoms with van der Waals surface area (Å²) in [6.45, 7) is 2.01. The van der Waals surface area contributed by atoms with Gasteiger partial charge in [0, 0.05) is 19.6 Å². The molecular weight excluding hydrogens is 250 g/mol. The van der Waals surface area contributed by atoms with Crippen LogP contribution in [0.1, 0.15) is 22.5 Å². The minimum absolute atomic E-state index is 0.117. The zero-order valence-corrected chi connectivity index (χ0v) is 10.9. The van der Waals surface area contributed by atoms with Crippen molar-refractivity contribution in [2.45, 2.75) is 36.3 Å². The van der Waals surface area contributed by atoms with E-state index in [1.54, 1.807) is 24.3 Å². The molecule has 0 unspecified atom stereocenters. The summed E-state index contributed by atoms with van der Waals surface area (Å²) in [5.41, 5.74) is 0.148. The number of hydrogen-bond acceptors (Lipinski definition) is 3. The van der Waals surface area contributed by atoms with Crippen molar-refractivity contribution in [3.63, 3.8) is 0 Å². The molecule has 2 bridgehead atoms. The normalized spacial score (nSPS) is 34.5. The monoisotopic (exact) mass is 270 g/mol. The van der Waals surface area contributed by atoms with Gasteiger partial charge in [0.15, 0.2) is 0 Å². The van der Waals surface area contributed by atoms with Gasteiger partial charge in [-0.2, -0.15) is 4.31 Å². The Balaban J connectivity index is 1.82. The first kappa shape index (κ1) is 9.07. The Hall–Kier alpha value is -0.910. The molecule has 3 fully saturated rings. The van der Waals surface area contributed by atoms with Gasteiger partial charge in [-0.15, -0.1) is 0 Å². The number of sulfonamides is 1. The average Bonchev–Trinajstić information content (AvgIpc) is 2.82. The molecule has 1 aliphatic carbocycles. The molecule has 3 aliphatic rings. The van der Waals surface area contributed by atoms with Gasteiger partial charge in [0.2, 0.25) is 10.0 Å². The molecule has 98 valence electrons. The van der Waals surface area contributed by atoms with E-state index in [1.807, 2.05) is 6.92 Å². The third-order valence-corrected chi connectivity index (χ3v) is 5.82. The first-order chi connectivity index (χ1) is 9.61. The van der Waals surface area contributed by atoms with Crippen LogP contribution in [-0.2, 0) is 14.8 Å². The smallest absolute Gasteiger partial charge is 0.243 e. The second-order valence-electron chi connectivity index (χ2n) is 5.21. The third-order valence-electron chi connectivity index (χ3n) is 3.91. The van der Waals surface area contributed by atoms with E-state index in [-0.39, 0.29) is 17.5 Å². The van der Waals surface area contributed by atoms with E-state index in [1.165, 1.54) is 4.31 Å². The van der Waals surface area contributed by atoms with Crippen molar-refractivity contribution < 1.29 is 17.3 Å². The number of hydrogen-bond donors (Lipinski definition) is 0. The summed E-state index contributed by atoms with van der Waals surface area (Å²) in [6, 6.07) is 6.51. The number of methoxy groups -OCH3 is 1. The van der Waals surface area contributed by atoms with Crippen LogP contribution >= 0.6 is 0 Å². The highest BCUT2D eigenvalue weighted by atomic mass is 32.2. The van der Waals surface area contributed by atoms with Crippen LogP contribution in [0.4, 0.5) is 0 Å². The number of fused-ring (bicyclic) bond motifs is 1. The molecule has 0 amide bonds. The second-order valence-corrected chi connectivity index (χ2v) is 7.10. The van der Waals surface area contributed by atoms with Crippen LogP contribution in [0, 0.1) is 6.92 Å². The molecule has 0 spiro atoms. The summed E-state index contributed by atoms with van der Waals surface area (Å²) >= 11 is 0. The van der Waals surface area contributed by atoms with Gasteiger partial charge < -0.3 is 4.74 Å². The lowest BCUT2D eigenvalue weighted by Crippen LogP contribution is -2.42. The molecule has 1 aromatic carbocycles. The molecule has 1 saturated carbocycles. The van der Waals surface area contributed by atoms with E-state index in [0.29, 0.717) is 12.8 Å². The summed E-state index contributed by atoms with van der Waals surface area (Å²) in [6.07, 6.45) is 0.910. The molecule has 0 aromatic heterocycles. The van der Waals surface area contributed by atoms with Crippen molar-refractivity contribution in [3.05, 3.63) is 29.8 Å². The van der Waals surface area contributed by atoms with E-state index in [2.05, 4.69) is 0 Å². The average molecular weight is 270 g/mol. The minimum atomic E-state index is -3.59. The topological polar surface area (TPSA) is 46.6 Å². The van der Waals surface area contributed by atoms with E-state index >= 15 is 0 Å². The lowest BCUT2D eigenvalue weighted by Gasteiger charge is -2.35. The van der Waals surface area contributed by atoms with Gasteiger partial charge in [-0.25, -0.2) is 8.42 Å². The predicted molar refractivity (Wildman–Crippen MR) is 67.8 cm³/mol. The maximum Gasteiger partial charge on any atom is 0.243 e. The summed E-state index contributed by atoms with van der Waals surface area (Å²) < 4.78 is 53.3. The molecule has 18 heavy (non-hydrogen) atoms. The van der Waals surface area contributed by atoms with E-state index < -0.39 is 22.7 Å². The maximum absolute atomic E-state index is 12.6. The number of aryl methyl sites for hydroxylation is 1. The Morgan fingerprint density at radius 2 is 2.06 bits per heavy atom. The van der Waals surface area contributed by atoms with E-state index in [4.69, 9.17) is 8.85 Å². The highest BCUT2D eigenvalue weighted by Gasteiger charge is 2.59. The number of nitrogens with zero attached hydrogens (tertiary/aromatic N) is 1. The van der Waals surface area contributed by atoms with Crippen LogP contribution in [0.3, 0.4) is 0 Å². The fraction of sp³-hybridized carbons (Fsp3) is 0.538. The molecule has 5 heteroatoms. The Morgan fingerprint density at radius 1 is 1.39 bits per heavy atom. The summed E-state index contributed by atoms with van der Waals surface area (Å²) in [7, 11) is -6.08. The number of ether oxygens (including phenoxy) is 1. The summed E-state index contributed by atoms with van der Waals surface area (Å²) in [5.74, 6) is 0. The molecule has 0 N–H and O–H groups in total. The molecule has 4 rings (SSSR count). The highest BCUT2D eigenvalue weighted by Crippen LogP contribution is 2.48. The molecule has 4 nitrogen and oxygen atoms in total. The second kappa shape index (κ2) is 3.79. The zero-order valence-electron chi connectivity index (χ0n) is 13.1. The SMILES string of the molecule is [2H]C([2H])([2H])OC12CC(C1)N(S(=O)(=O)c1ccc(C)cc1)C2. The largest absolute Gasteiger partial charge is 0.377 e. The van der Waals surface area contributed by atoms with Gasteiger partial charge in [-0.05, 0) is 31.9 Å². The van der Waals surface area contributed by atoms with E-state index in [9.17, 15) is 8.42 Å². The van der Waals surface area contributed by atoms with Crippen molar-refractivity contribution in [1.82, 2.24) is 4.31 Å². The van der Waals surface area contributed by atoms with Crippen LogP contribution in [0.5, 0.6) is 0 Å². The first-order valence-corrected chi connectivity index (χ1v) is 7.34. The zero-order chi connectivity index (χ0) is 15.5. The summed E-state index contributed by atoms with van der Waals surface area (Å²) in [4.78, 5) is 0.240. The van der Waals surface area contributed by atoms with Gasteiger partial charge in [0.1, 0.15) is 0 Å². The Morgan fingerprint density at radius 3 is 2.67 bits per heavy atom. The fourth-order valence-electron chi connectivity index (χ4n) is 2.79.